The van der Waals surface area contributed by atoms with Crippen LogP contribution in [0.25, 0.3) is 0 Å². The van der Waals surface area contributed by atoms with Crippen molar-refractivity contribution >= 4 is 11.3 Å². The van der Waals surface area contributed by atoms with E-state index in [1.54, 1.807) is 11.3 Å². The molecule has 0 aromatic carbocycles. The van der Waals surface area contributed by atoms with Crippen molar-refractivity contribution in [3.8, 4) is 0 Å². The SMILES string of the molecule is CC(C)(CNCC(O)C(F)(F)F)c1cccs1. The Bertz CT molecular complexity index is 335. The fourth-order valence-corrected chi connectivity index (χ4v) is 2.24. The van der Waals surface area contributed by atoms with Gasteiger partial charge in [-0.25, -0.2) is 0 Å². The number of hydrogen-bond acceptors (Lipinski definition) is 3. The average Bonchev–Trinajstić information content (AvgIpc) is 2.68. The molecule has 0 bridgehead atoms. The van der Waals surface area contributed by atoms with Gasteiger partial charge < -0.3 is 10.4 Å². The molecular weight excluding hydrogens is 251 g/mol. The van der Waals surface area contributed by atoms with Crippen LogP contribution in [0.15, 0.2) is 17.5 Å². The minimum Gasteiger partial charge on any atom is -0.382 e. The van der Waals surface area contributed by atoms with Crippen molar-refractivity contribution in [2.24, 2.45) is 0 Å². The quantitative estimate of drug-likeness (QED) is 0.859. The van der Waals surface area contributed by atoms with Gasteiger partial charge in [-0.2, -0.15) is 13.2 Å². The summed E-state index contributed by atoms with van der Waals surface area (Å²) in [5.41, 5.74) is -0.237. The van der Waals surface area contributed by atoms with Crippen molar-refractivity contribution in [3.63, 3.8) is 0 Å². The lowest BCUT2D eigenvalue weighted by atomic mass is 9.91. The Labute approximate surface area is 102 Å². The Hall–Kier alpha value is -0.590. The van der Waals surface area contributed by atoms with E-state index in [-0.39, 0.29) is 5.41 Å². The van der Waals surface area contributed by atoms with E-state index in [1.807, 2.05) is 31.4 Å². The van der Waals surface area contributed by atoms with Crippen LogP contribution in [-0.2, 0) is 5.41 Å². The monoisotopic (exact) mass is 267 g/mol. The van der Waals surface area contributed by atoms with Gasteiger partial charge in [0.15, 0.2) is 6.10 Å². The molecule has 1 aromatic rings. The summed E-state index contributed by atoms with van der Waals surface area (Å²) in [4.78, 5) is 1.10. The van der Waals surface area contributed by atoms with Crippen molar-refractivity contribution in [2.75, 3.05) is 13.1 Å². The van der Waals surface area contributed by atoms with Crippen molar-refractivity contribution < 1.29 is 18.3 Å². The van der Waals surface area contributed by atoms with Crippen LogP contribution in [0, 0.1) is 0 Å². The van der Waals surface area contributed by atoms with Crippen LogP contribution >= 0.6 is 11.3 Å². The summed E-state index contributed by atoms with van der Waals surface area (Å²) < 4.78 is 36.2. The lowest BCUT2D eigenvalue weighted by molar-refractivity contribution is -0.201. The van der Waals surface area contributed by atoms with Crippen LogP contribution in [-0.4, -0.2) is 30.5 Å². The number of alkyl halides is 3. The average molecular weight is 267 g/mol. The van der Waals surface area contributed by atoms with Crippen LogP contribution in [0.2, 0.25) is 0 Å². The first-order valence-corrected chi connectivity index (χ1v) is 6.11. The lowest BCUT2D eigenvalue weighted by Crippen LogP contribution is -2.42. The predicted molar refractivity (Wildman–Crippen MR) is 62.3 cm³/mol. The molecule has 0 spiro atoms. The van der Waals surface area contributed by atoms with Gasteiger partial charge in [-0.15, -0.1) is 11.3 Å². The number of nitrogens with one attached hydrogen (secondary N) is 1. The van der Waals surface area contributed by atoms with Gasteiger partial charge in [-0.3, -0.25) is 0 Å². The molecule has 1 atom stereocenters. The number of rotatable bonds is 5. The Morgan fingerprint density at radius 3 is 2.53 bits per heavy atom. The first-order chi connectivity index (χ1) is 7.73. The van der Waals surface area contributed by atoms with Gasteiger partial charge >= 0.3 is 6.18 Å². The Balaban J connectivity index is 2.41. The van der Waals surface area contributed by atoms with Gasteiger partial charge in [0.1, 0.15) is 0 Å². The molecule has 0 saturated heterocycles. The molecule has 0 aliphatic carbocycles. The van der Waals surface area contributed by atoms with Gasteiger partial charge in [0.05, 0.1) is 0 Å². The molecule has 0 radical (unpaired) electrons. The van der Waals surface area contributed by atoms with Crippen LogP contribution in [0.5, 0.6) is 0 Å². The number of thiophene rings is 1. The van der Waals surface area contributed by atoms with Crippen molar-refractivity contribution in [1.29, 1.82) is 0 Å². The van der Waals surface area contributed by atoms with Crippen molar-refractivity contribution in [3.05, 3.63) is 22.4 Å². The van der Waals surface area contributed by atoms with Crippen LogP contribution in [0.4, 0.5) is 13.2 Å². The molecule has 0 saturated carbocycles. The lowest BCUT2D eigenvalue weighted by Gasteiger charge is -2.25. The highest BCUT2D eigenvalue weighted by molar-refractivity contribution is 7.10. The first kappa shape index (κ1) is 14.5. The summed E-state index contributed by atoms with van der Waals surface area (Å²) in [5, 5.41) is 13.4. The summed E-state index contributed by atoms with van der Waals surface area (Å²) in [5.74, 6) is 0. The van der Waals surface area contributed by atoms with E-state index in [4.69, 9.17) is 5.11 Å². The largest absolute Gasteiger partial charge is 0.415 e. The topological polar surface area (TPSA) is 32.3 Å². The number of aliphatic hydroxyl groups excluding tert-OH is 1. The Morgan fingerprint density at radius 1 is 1.41 bits per heavy atom. The number of aliphatic hydroxyl groups is 1. The summed E-state index contributed by atoms with van der Waals surface area (Å²) in [7, 11) is 0. The molecule has 2 N–H and O–H groups in total. The van der Waals surface area contributed by atoms with Gasteiger partial charge in [-0.1, -0.05) is 19.9 Å². The molecule has 1 heterocycles. The van der Waals surface area contributed by atoms with Crippen LogP contribution in [0.3, 0.4) is 0 Å². The number of halogens is 3. The van der Waals surface area contributed by atoms with Crippen molar-refractivity contribution in [1.82, 2.24) is 5.32 Å². The standard InChI is InChI=1S/C11H16F3NOS/c1-10(2,9-4-3-5-17-9)7-15-6-8(16)11(12,13)14/h3-5,8,15-16H,6-7H2,1-2H3. The summed E-state index contributed by atoms with van der Waals surface area (Å²) in [6, 6.07) is 3.86. The number of hydrogen-bond donors (Lipinski definition) is 2. The smallest absolute Gasteiger partial charge is 0.382 e. The van der Waals surface area contributed by atoms with E-state index in [0.29, 0.717) is 6.54 Å². The minimum atomic E-state index is -4.56. The molecule has 6 heteroatoms. The molecule has 1 aromatic heterocycles. The van der Waals surface area contributed by atoms with E-state index in [0.717, 1.165) is 4.88 Å². The molecule has 0 aliphatic rings. The van der Waals surface area contributed by atoms with E-state index in [1.165, 1.54) is 0 Å². The third kappa shape index (κ3) is 4.29. The zero-order valence-electron chi connectivity index (χ0n) is 9.71. The zero-order valence-corrected chi connectivity index (χ0v) is 10.5. The highest BCUT2D eigenvalue weighted by atomic mass is 32.1. The van der Waals surface area contributed by atoms with Gasteiger partial charge in [0.2, 0.25) is 0 Å². The maximum atomic E-state index is 12.1. The highest BCUT2D eigenvalue weighted by Crippen LogP contribution is 2.26. The highest BCUT2D eigenvalue weighted by Gasteiger charge is 2.38. The maximum absolute atomic E-state index is 12.1. The molecule has 0 amide bonds. The summed E-state index contributed by atoms with van der Waals surface area (Å²) >= 11 is 1.57. The molecule has 1 rings (SSSR count). The molecule has 0 fully saturated rings. The van der Waals surface area contributed by atoms with Crippen molar-refractivity contribution in [2.45, 2.75) is 31.5 Å². The Morgan fingerprint density at radius 2 is 2.06 bits per heavy atom. The Kier molecular flexibility index (Phi) is 4.57. The van der Waals surface area contributed by atoms with E-state index < -0.39 is 18.8 Å². The van der Waals surface area contributed by atoms with E-state index >= 15 is 0 Å². The van der Waals surface area contributed by atoms with E-state index in [2.05, 4.69) is 5.32 Å². The molecule has 2 nitrogen and oxygen atoms in total. The third-order valence-electron chi connectivity index (χ3n) is 2.47. The van der Waals surface area contributed by atoms with Crippen LogP contribution in [0.1, 0.15) is 18.7 Å². The second-order valence-corrected chi connectivity index (χ2v) is 5.50. The third-order valence-corrected chi connectivity index (χ3v) is 3.71. The second-order valence-electron chi connectivity index (χ2n) is 4.55. The molecule has 98 valence electrons. The predicted octanol–water partition coefficient (Wildman–Crippen LogP) is 2.54. The summed E-state index contributed by atoms with van der Waals surface area (Å²) in [6.45, 7) is 3.82. The molecule has 0 aliphatic heterocycles. The van der Waals surface area contributed by atoms with Gasteiger partial charge in [-0.05, 0) is 11.4 Å². The first-order valence-electron chi connectivity index (χ1n) is 5.23. The fourth-order valence-electron chi connectivity index (χ4n) is 1.39. The molecule has 1 unspecified atom stereocenters. The normalized spacial score (nSPS) is 14.9. The maximum Gasteiger partial charge on any atom is 0.415 e. The molecule has 17 heavy (non-hydrogen) atoms. The van der Waals surface area contributed by atoms with Gasteiger partial charge in [0, 0.05) is 23.4 Å². The zero-order chi connectivity index (χ0) is 13.1. The van der Waals surface area contributed by atoms with Gasteiger partial charge in [0.25, 0.3) is 0 Å². The minimum absolute atomic E-state index is 0.237. The summed E-state index contributed by atoms with van der Waals surface area (Å²) in [6.07, 6.45) is -6.86. The van der Waals surface area contributed by atoms with E-state index in [9.17, 15) is 13.2 Å². The molecular formula is C11H16F3NOS. The van der Waals surface area contributed by atoms with Crippen LogP contribution < -0.4 is 5.32 Å². The fraction of sp³-hybridized carbons (Fsp3) is 0.636. The second kappa shape index (κ2) is 5.37.